The molecular formula is C11H13FO3S2. The molecule has 0 amide bonds. The zero-order valence-electron chi connectivity index (χ0n) is 9.35. The van der Waals surface area contributed by atoms with Crippen LogP contribution in [-0.2, 0) is 20.7 Å². The zero-order valence-corrected chi connectivity index (χ0v) is 11.0. The molecule has 0 saturated heterocycles. The summed E-state index contributed by atoms with van der Waals surface area (Å²) in [4.78, 5) is 1.07. The average Bonchev–Trinajstić information content (AvgIpc) is 2.24. The van der Waals surface area contributed by atoms with Gasteiger partial charge in [-0.25, -0.2) is 4.39 Å². The molecule has 3 nitrogen and oxygen atoms in total. The Kier molecular flexibility index (Phi) is 3.75. The van der Waals surface area contributed by atoms with Gasteiger partial charge in [-0.15, -0.1) is 11.8 Å². The number of halogens is 1. The number of hydrogen-bond donors (Lipinski definition) is 0. The maximum absolute atomic E-state index is 13.1. The molecule has 0 radical (unpaired) electrons. The maximum Gasteiger partial charge on any atom is 0.264 e. The third-order valence-electron chi connectivity index (χ3n) is 2.52. The number of rotatable bonds is 3. The number of fused-ring (bicyclic) bond motifs is 1. The minimum atomic E-state index is -3.39. The summed E-state index contributed by atoms with van der Waals surface area (Å²) in [5.74, 6) is 0.659. The second kappa shape index (κ2) is 4.96. The fourth-order valence-corrected chi connectivity index (χ4v) is 3.31. The Morgan fingerprint density at radius 2 is 2.29 bits per heavy atom. The van der Waals surface area contributed by atoms with Crippen molar-refractivity contribution < 1.29 is 17.0 Å². The molecule has 0 saturated carbocycles. The van der Waals surface area contributed by atoms with Gasteiger partial charge in [0.1, 0.15) is 5.82 Å². The summed E-state index contributed by atoms with van der Waals surface area (Å²) in [5, 5.41) is 0. The van der Waals surface area contributed by atoms with Gasteiger partial charge < -0.3 is 0 Å². The summed E-state index contributed by atoms with van der Waals surface area (Å²) in [6.45, 7) is 0.168. The molecule has 94 valence electrons. The Morgan fingerprint density at radius 3 is 3.00 bits per heavy atom. The largest absolute Gasteiger partial charge is 0.270 e. The van der Waals surface area contributed by atoms with Crippen molar-refractivity contribution >= 4 is 21.9 Å². The van der Waals surface area contributed by atoms with Gasteiger partial charge in [-0.3, -0.25) is 4.18 Å². The predicted molar refractivity (Wildman–Crippen MR) is 65.1 cm³/mol. The Balaban J connectivity index is 2.03. The van der Waals surface area contributed by atoms with Crippen LogP contribution in [0.5, 0.6) is 0 Å². The molecule has 0 aromatic heterocycles. The monoisotopic (exact) mass is 276 g/mol. The highest BCUT2D eigenvalue weighted by molar-refractivity contribution is 7.99. The lowest BCUT2D eigenvalue weighted by Gasteiger charge is -2.23. The SMILES string of the molecule is CS(=O)(=O)OCC1CSc2ccc(F)cc2C1. The van der Waals surface area contributed by atoms with Crippen molar-refractivity contribution in [2.45, 2.75) is 11.3 Å². The van der Waals surface area contributed by atoms with Gasteiger partial charge in [0.2, 0.25) is 0 Å². The van der Waals surface area contributed by atoms with Gasteiger partial charge >= 0.3 is 0 Å². The Hall–Kier alpha value is -0.590. The van der Waals surface area contributed by atoms with Gasteiger partial charge in [-0.05, 0) is 36.1 Å². The average molecular weight is 276 g/mol. The first-order chi connectivity index (χ1) is 7.94. The summed E-state index contributed by atoms with van der Waals surface area (Å²) in [6, 6.07) is 4.72. The summed E-state index contributed by atoms with van der Waals surface area (Å²) >= 11 is 1.61. The molecule has 0 N–H and O–H groups in total. The lowest BCUT2D eigenvalue weighted by Crippen LogP contribution is -2.21. The molecule has 0 aliphatic carbocycles. The highest BCUT2D eigenvalue weighted by Gasteiger charge is 2.21. The quantitative estimate of drug-likeness (QED) is 0.793. The predicted octanol–water partition coefficient (Wildman–Crippen LogP) is 2.07. The van der Waals surface area contributed by atoms with Crippen LogP contribution in [0.15, 0.2) is 23.1 Å². The van der Waals surface area contributed by atoms with E-state index in [0.29, 0.717) is 6.42 Å². The van der Waals surface area contributed by atoms with Gasteiger partial charge in [0.05, 0.1) is 12.9 Å². The molecule has 1 aliphatic rings. The standard InChI is InChI=1S/C11H13FO3S2/c1-17(13,14)15-6-8-4-9-5-10(12)2-3-11(9)16-7-8/h2-3,5,8H,4,6-7H2,1H3. The Labute approximate surface area is 104 Å². The highest BCUT2D eigenvalue weighted by atomic mass is 32.2. The van der Waals surface area contributed by atoms with Crippen LogP contribution in [-0.4, -0.2) is 27.0 Å². The van der Waals surface area contributed by atoms with Crippen LogP contribution in [0.3, 0.4) is 0 Å². The van der Waals surface area contributed by atoms with Crippen molar-refractivity contribution in [3.8, 4) is 0 Å². The molecular weight excluding hydrogens is 263 g/mol. The minimum absolute atomic E-state index is 0.115. The van der Waals surface area contributed by atoms with Gasteiger partial charge in [0, 0.05) is 10.6 Å². The molecule has 0 bridgehead atoms. The summed E-state index contributed by atoms with van der Waals surface area (Å²) < 4.78 is 39.6. The number of benzene rings is 1. The highest BCUT2D eigenvalue weighted by Crippen LogP contribution is 2.33. The normalized spacial score (nSPS) is 20.0. The van der Waals surface area contributed by atoms with Crippen LogP contribution in [0, 0.1) is 11.7 Å². The molecule has 1 aromatic carbocycles. The molecule has 2 rings (SSSR count). The maximum atomic E-state index is 13.1. The van der Waals surface area contributed by atoms with E-state index in [4.69, 9.17) is 4.18 Å². The third kappa shape index (κ3) is 3.69. The molecule has 6 heteroatoms. The minimum Gasteiger partial charge on any atom is -0.270 e. The van der Waals surface area contributed by atoms with Crippen molar-refractivity contribution in [1.82, 2.24) is 0 Å². The van der Waals surface area contributed by atoms with Crippen molar-refractivity contribution in [1.29, 1.82) is 0 Å². The topological polar surface area (TPSA) is 43.4 Å². The van der Waals surface area contributed by atoms with E-state index in [1.165, 1.54) is 12.1 Å². The number of thioether (sulfide) groups is 1. The van der Waals surface area contributed by atoms with E-state index in [2.05, 4.69) is 0 Å². The van der Waals surface area contributed by atoms with E-state index in [0.717, 1.165) is 22.5 Å². The zero-order chi connectivity index (χ0) is 12.5. The Morgan fingerprint density at radius 1 is 1.53 bits per heavy atom. The van der Waals surface area contributed by atoms with Gasteiger partial charge in [0.25, 0.3) is 10.1 Å². The molecule has 1 aromatic rings. The van der Waals surface area contributed by atoms with Crippen LogP contribution in [0.1, 0.15) is 5.56 Å². The fourth-order valence-electron chi connectivity index (χ4n) is 1.75. The third-order valence-corrected chi connectivity index (χ3v) is 4.44. The molecule has 1 heterocycles. The fraction of sp³-hybridized carbons (Fsp3) is 0.455. The Bertz CT molecular complexity index is 513. The molecule has 1 aliphatic heterocycles. The van der Waals surface area contributed by atoms with E-state index in [9.17, 15) is 12.8 Å². The molecule has 0 spiro atoms. The van der Waals surface area contributed by atoms with Crippen molar-refractivity contribution in [3.63, 3.8) is 0 Å². The lowest BCUT2D eigenvalue weighted by atomic mass is 10.0. The van der Waals surface area contributed by atoms with E-state index in [1.54, 1.807) is 17.8 Å². The number of hydrogen-bond acceptors (Lipinski definition) is 4. The molecule has 1 atom stereocenters. The van der Waals surface area contributed by atoms with Gasteiger partial charge in [-0.2, -0.15) is 8.42 Å². The first kappa shape index (κ1) is 12.9. The first-order valence-electron chi connectivity index (χ1n) is 5.20. The molecule has 1 unspecified atom stereocenters. The second-order valence-corrected chi connectivity index (χ2v) is 6.83. The molecule has 17 heavy (non-hydrogen) atoms. The van der Waals surface area contributed by atoms with Crippen molar-refractivity contribution in [2.75, 3.05) is 18.6 Å². The summed E-state index contributed by atoms with van der Waals surface area (Å²) in [6.07, 6.45) is 1.70. The van der Waals surface area contributed by atoms with Gasteiger partial charge in [-0.1, -0.05) is 0 Å². The van der Waals surface area contributed by atoms with Crippen molar-refractivity contribution in [2.24, 2.45) is 5.92 Å². The van der Waals surface area contributed by atoms with E-state index in [-0.39, 0.29) is 18.3 Å². The van der Waals surface area contributed by atoms with Crippen LogP contribution in [0.2, 0.25) is 0 Å². The van der Waals surface area contributed by atoms with E-state index in [1.807, 2.05) is 0 Å². The van der Waals surface area contributed by atoms with Crippen LogP contribution >= 0.6 is 11.8 Å². The summed E-state index contributed by atoms with van der Waals surface area (Å²) in [7, 11) is -3.39. The smallest absolute Gasteiger partial charge is 0.264 e. The van der Waals surface area contributed by atoms with Gasteiger partial charge in [0.15, 0.2) is 0 Å². The molecule has 0 fully saturated rings. The van der Waals surface area contributed by atoms with Crippen LogP contribution in [0.25, 0.3) is 0 Å². The van der Waals surface area contributed by atoms with Crippen LogP contribution < -0.4 is 0 Å². The second-order valence-electron chi connectivity index (χ2n) is 4.12. The lowest BCUT2D eigenvalue weighted by molar-refractivity contribution is 0.267. The van der Waals surface area contributed by atoms with E-state index >= 15 is 0 Å². The van der Waals surface area contributed by atoms with Crippen molar-refractivity contribution in [3.05, 3.63) is 29.6 Å². The van der Waals surface area contributed by atoms with Crippen LogP contribution in [0.4, 0.5) is 4.39 Å². The first-order valence-corrected chi connectivity index (χ1v) is 8.00. The van der Waals surface area contributed by atoms with E-state index < -0.39 is 10.1 Å². The summed E-state index contributed by atoms with van der Waals surface area (Å²) in [5.41, 5.74) is 0.934.